The molecule has 1 unspecified atom stereocenters. The van der Waals surface area contributed by atoms with Gasteiger partial charge in [-0.25, -0.2) is 0 Å². The zero-order chi connectivity index (χ0) is 15.8. The summed E-state index contributed by atoms with van der Waals surface area (Å²) in [5, 5.41) is 3.61. The van der Waals surface area contributed by atoms with Crippen molar-refractivity contribution in [3.8, 4) is 11.5 Å². The van der Waals surface area contributed by atoms with Crippen molar-refractivity contribution in [2.75, 3.05) is 27.4 Å². The van der Waals surface area contributed by atoms with E-state index in [1.165, 1.54) is 7.11 Å². The van der Waals surface area contributed by atoms with Crippen molar-refractivity contribution >= 4 is 17.5 Å². The molecule has 0 spiro atoms. The van der Waals surface area contributed by atoms with Crippen LogP contribution in [-0.2, 0) is 16.1 Å². The normalized spacial score (nSPS) is 12.0. The molecule has 0 aliphatic heterocycles. The Hall–Kier alpha value is -1.50. The van der Waals surface area contributed by atoms with Gasteiger partial charge in [-0.2, -0.15) is 0 Å². The Bertz CT molecular complexity index is 482. The SMILES string of the molecule is COc1cc(CNCC(C)OC)cc(Cl)c1OCC(N)=O. The molecule has 0 bridgehead atoms. The van der Waals surface area contributed by atoms with Gasteiger partial charge in [0.15, 0.2) is 18.1 Å². The lowest BCUT2D eigenvalue weighted by atomic mass is 10.2. The molecular formula is C14H21ClN2O4. The number of nitrogens with two attached hydrogens (primary N) is 1. The minimum atomic E-state index is -0.576. The highest BCUT2D eigenvalue weighted by Gasteiger charge is 2.13. The first-order valence-corrected chi connectivity index (χ1v) is 6.86. The van der Waals surface area contributed by atoms with Crippen LogP contribution in [0.15, 0.2) is 12.1 Å². The van der Waals surface area contributed by atoms with Crippen LogP contribution in [0.1, 0.15) is 12.5 Å². The number of nitrogens with one attached hydrogen (secondary N) is 1. The van der Waals surface area contributed by atoms with Crippen LogP contribution in [0.2, 0.25) is 5.02 Å². The van der Waals surface area contributed by atoms with Gasteiger partial charge in [0.2, 0.25) is 0 Å². The smallest absolute Gasteiger partial charge is 0.255 e. The Morgan fingerprint density at radius 3 is 2.71 bits per heavy atom. The van der Waals surface area contributed by atoms with Gasteiger partial charge >= 0.3 is 0 Å². The molecule has 0 radical (unpaired) electrons. The molecule has 6 nitrogen and oxygen atoms in total. The topological polar surface area (TPSA) is 82.8 Å². The molecule has 0 aliphatic rings. The second-order valence-corrected chi connectivity index (χ2v) is 4.95. The molecule has 1 atom stereocenters. The highest BCUT2D eigenvalue weighted by atomic mass is 35.5. The van der Waals surface area contributed by atoms with Gasteiger partial charge in [-0.15, -0.1) is 0 Å². The molecule has 7 heteroatoms. The van der Waals surface area contributed by atoms with E-state index in [2.05, 4.69) is 5.32 Å². The lowest BCUT2D eigenvalue weighted by molar-refractivity contribution is -0.119. The number of carbonyl (C=O) groups excluding carboxylic acids is 1. The average Bonchev–Trinajstić information content (AvgIpc) is 2.45. The van der Waals surface area contributed by atoms with Gasteiger partial charge in [-0.3, -0.25) is 4.79 Å². The van der Waals surface area contributed by atoms with Crippen LogP contribution < -0.4 is 20.5 Å². The average molecular weight is 317 g/mol. The number of benzene rings is 1. The molecule has 1 rings (SSSR count). The number of ether oxygens (including phenoxy) is 3. The van der Waals surface area contributed by atoms with Crippen LogP contribution in [0.4, 0.5) is 0 Å². The van der Waals surface area contributed by atoms with E-state index in [-0.39, 0.29) is 12.7 Å². The highest BCUT2D eigenvalue weighted by Crippen LogP contribution is 2.36. The summed E-state index contributed by atoms with van der Waals surface area (Å²) < 4.78 is 15.7. The second-order valence-electron chi connectivity index (χ2n) is 4.54. The van der Waals surface area contributed by atoms with Gasteiger partial charge < -0.3 is 25.3 Å². The van der Waals surface area contributed by atoms with E-state index in [0.717, 1.165) is 12.1 Å². The summed E-state index contributed by atoms with van der Waals surface area (Å²) in [7, 11) is 3.17. The zero-order valence-corrected chi connectivity index (χ0v) is 13.2. The van der Waals surface area contributed by atoms with E-state index in [9.17, 15) is 4.79 Å². The van der Waals surface area contributed by atoms with E-state index in [1.54, 1.807) is 19.2 Å². The molecule has 3 N–H and O–H groups in total. The predicted molar refractivity (Wildman–Crippen MR) is 80.9 cm³/mol. The Labute approximate surface area is 129 Å². The lowest BCUT2D eigenvalue weighted by Crippen LogP contribution is -2.25. The van der Waals surface area contributed by atoms with E-state index >= 15 is 0 Å². The molecular weight excluding hydrogens is 296 g/mol. The number of halogens is 1. The number of rotatable bonds is 9. The summed E-state index contributed by atoms with van der Waals surface area (Å²) in [5.41, 5.74) is 5.99. The standard InChI is InChI=1S/C14H21ClN2O4/c1-9(19-2)6-17-7-10-4-11(15)14(12(5-10)20-3)21-8-13(16)18/h4-5,9,17H,6-8H2,1-3H3,(H2,16,18). The fraction of sp³-hybridized carbons (Fsp3) is 0.500. The van der Waals surface area contributed by atoms with Gasteiger partial charge in [0, 0.05) is 20.2 Å². The van der Waals surface area contributed by atoms with Crippen molar-refractivity contribution < 1.29 is 19.0 Å². The molecule has 21 heavy (non-hydrogen) atoms. The number of carbonyl (C=O) groups is 1. The summed E-state index contributed by atoms with van der Waals surface area (Å²) in [4.78, 5) is 10.8. The number of hydrogen-bond donors (Lipinski definition) is 2. The fourth-order valence-electron chi connectivity index (χ4n) is 1.66. The number of primary amides is 1. The van der Waals surface area contributed by atoms with Crippen molar-refractivity contribution in [1.29, 1.82) is 0 Å². The fourth-order valence-corrected chi connectivity index (χ4v) is 1.95. The van der Waals surface area contributed by atoms with Crippen LogP contribution in [0.3, 0.4) is 0 Å². The maximum absolute atomic E-state index is 10.8. The monoisotopic (exact) mass is 316 g/mol. The molecule has 118 valence electrons. The molecule has 0 heterocycles. The van der Waals surface area contributed by atoms with Gasteiger partial charge in [0.25, 0.3) is 5.91 Å². The molecule has 0 saturated heterocycles. The number of amides is 1. The first kappa shape index (κ1) is 17.6. The quantitative estimate of drug-likeness (QED) is 0.718. The third-order valence-electron chi connectivity index (χ3n) is 2.81. The minimum Gasteiger partial charge on any atom is -0.493 e. The van der Waals surface area contributed by atoms with Crippen molar-refractivity contribution in [2.24, 2.45) is 5.73 Å². The molecule has 1 aromatic rings. The maximum Gasteiger partial charge on any atom is 0.255 e. The van der Waals surface area contributed by atoms with E-state index in [0.29, 0.717) is 23.1 Å². The Kier molecular flexibility index (Phi) is 7.28. The predicted octanol–water partition coefficient (Wildman–Crippen LogP) is 1.34. The summed E-state index contributed by atoms with van der Waals surface area (Å²) in [5.74, 6) is 0.194. The molecule has 0 fully saturated rings. The summed E-state index contributed by atoms with van der Waals surface area (Å²) >= 11 is 6.16. The Morgan fingerprint density at radius 2 is 2.14 bits per heavy atom. The van der Waals surface area contributed by atoms with Gasteiger partial charge in [-0.1, -0.05) is 11.6 Å². The third-order valence-corrected chi connectivity index (χ3v) is 3.09. The number of hydrogen-bond acceptors (Lipinski definition) is 5. The first-order chi connectivity index (χ1) is 9.97. The first-order valence-electron chi connectivity index (χ1n) is 6.49. The molecule has 0 aliphatic carbocycles. The Morgan fingerprint density at radius 1 is 1.43 bits per heavy atom. The highest BCUT2D eigenvalue weighted by molar-refractivity contribution is 6.32. The third kappa shape index (κ3) is 5.79. The second kappa shape index (κ2) is 8.71. The van der Waals surface area contributed by atoms with Crippen LogP contribution in [0.25, 0.3) is 0 Å². The Balaban J connectivity index is 2.75. The molecule has 0 saturated carbocycles. The van der Waals surface area contributed by atoms with Crippen LogP contribution in [0, 0.1) is 0 Å². The van der Waals surface area contributed by atoms with Gasteiger partial charge in [0.05, 0.1) is 18.2 Å². The van der Waals surface area contributed by atoms with E-state index in [4.69, 9.17) is 31.5 Å². The minimum absolute atomic E-state index is 0.126. The summed E-state index contributed by atoms with van der Waals surface area (Å²) in [6.07, 6.45) is 0.126. The molecule has 0 aromatic heterocycles. The summed E-state index contributed by atoms with van der Waals surface area (Å²) in [6.45, 7) is 3.05. The number of methoxy groups -OCH3 is 2. The zero-order valence-electron chi connectivity index (χ0n) is 12.4. The van der Waals surface area contributed by atoms with E-state index < -0.39 is 5.91 Å². The van der Waals surface area contributed by atoms with Crippen molar-refractivity contribution in [2.45, 2.75) is 19.6 Å². The maximum atomic E-state index is 10.8. The largest absolute Gasteiger partial charge is 0.493 e. The molecule has 1 amide bonds. The van der Waals surface area contributed by atoms with E-state index in [1.807, 2.05) is 6.92 Å². The van der Waals surface area contributed by atoms with Crippen LogP contribution >= 0.6 is 11.6 Å². The van der Waals surface area contributed by atoms with Crippen molar-refractivity contribution in [1.82, 2.24) is 5.32 Å². The van der Waals surface area contributed by atoms with Gasteiger partial charge in [-0.05, 0) is 24.6 Å². The van der Waals surface area contributed by atoms with Crippen molar-refractivity contribution in [3.05, 3.63) is 22.7 Å². The van der Waals surface area contributed by atoms with Crippen LogP contribution in [0.5, 0.6) is 11.5 Å². The lowest BCUT2D eigenvalue weighted by Gasteiger charge is -2.14. The van der Waals surface area contributed by atoms with Gasteiger partial charge in [0.1, 0.15) is 0 Å². The summed E-state index contributed by atoms with van der Waals surface area (Å²) in [6, 6.07) is 3.55. The van der Waals surface area contributed by atoms with Crippen LogP contribution in [-0.4, -0.2) is 39.4 Å². The molecule has 1 aromatic carbocycles. The van der Waals surface area contributed by atoms with Crippen molar-refractivity contribution in [3.63, 3.8) is 0 Å².